The first-order chi connectivity index (χ1) is 16.4. The highest BCUT2D eigenvalue weighted by Gasteiger charge is 2.18. The Morgan fingerprint density at radius 2 is 1.91 bits per heavy atom. The maximum Gasteiger partial charge on any atom is 0.234 e. The summed E-state index contributed by atoms with van der Waals surface area (Å²) >= 11 is 11.0. The van der Waals surface area contributed by atoms with E-state index in [0.717, 1.165) is 32.7 Å². The molecule has 6 nitrogen and oxygen atoms in total. The molecule has 174 valence electrons. The maximum absolute atomic E-state index is 12.6. The Morgan fingerprint density at radius 3 is 2.62 bits per heavy atom. The highest BCUT2D eigenvalue weighted by atomic mass is 79.9. The lowest BCUT2D eigenvalue weighted by molar-refractivity contribution is -0.113. The van der Waals surface area contributed by atoms with Crippen molar-refractivity contribution >= 4 is 50.9 Å². The summed E-state index contributed by atoms with van der Waals surface area (Å²) in [6.45, 7) is 4.51. The van der Waals surface area contributed by atoms with E-state index < -0.39 is 0 Å². The average molecular weight is 558 g/mol. The monoisotopic (exact) mass is 556 g/mol. The van der Waals surface area contributed by atoms with Crippen LogP contribution in [0.15, 0.2) is 76.4 Å². The molecule has 1 heterocycles. The first kappa shape index (κ1) is 24.3. The van der Waals surface area contributed by atoms with E-state index in [2.05, 4.69) is 31.4 Å². The Morgan fingerprint density at radius 1 is 1.12 bits per heavy atom. The molecule has 1 aromatic heterocycles. The van der Waals surface area contributed by atoms with E-state index in [1.165, 1.54) is 11.8 Å². The molecule has 1 N–H and O–H groups in total. The van der Waals surface area contributed by atoms with E-state index in [1.807, 2.05) is 85.1 Å². The van der Waals surface area contributed by atoms with Gasteiger partial charge in [0, 0.05) is 26.4 Å². The first-order valence-electron chi connectivity index (χ1n) is 10.6. The molecule has 0 bridgehead atoms. The van der Waals surface area contributed by atoms with Crippen LogP contribution in [0.4, 0.5) is 5.69 Å². The van der Waals surface area contributed by atoms with Crippen LogP contribution in [0.2, 0.25) is 5.02 Å². The number of rotatable bonds is 8. The van der Waals surface area contributed by atoms with Crippen LogP contribution in [0.25, 0.3) is 17.1 Å². The number of aryl methyl sites for hydroxylation is 1. The van der Waals surface area contributed by atoms with Crippen molar-refractivity contribution < 1.29 is 9.53 Å². The number of hydrogen-bond acceptors (Lipinski definition) is 5. The van der Waals surface area contributed by atoms with Crippen molar-refractivity contribution in [1.29, 1.82) is 0 Å². The van der Waals surface area contributed by atoms with Gasteiger partial charge in [-0.1, -0.05) is 51.4 Å². The van der Waals surface area contributed by atoms with Gasteiger partial charge in [0.1, 0.15) is 5.75 Å². The van der Waals surface area contributed by atoms with Crippen molar-refractivity contribution in [2.24, 2.45) is 0 Å². The lowest BCUT2D eigenvalue weighted by Gasteiger charge is -2.12. The summed E-state index contributed by atoms with van der Waals surface area (Å²) in [6.07, 6.45) is 0. The van der Waals surface area contributed by atoms with Gasteiger partial charge in [-0.3, -0.25) is 9.36 Å². The third-order valence-electron chi connectivity index (χ3n) is 4.90. The Hall–Kier alpha value is -2.81. The van der Waals surface area contributed by atoms with Crippen molar-refractivity contribution in [3.05, 3.63) is 81.8 Å². The van der Waals surface area contributed by atoms with Gasteiger partial charge in [-0.05, 0) is 74.0 Å². The number of aromatic nitrogens is 3. The Kier molecular flexibility index (Phi) is 7.92. The number of hydrogen-bond donors (Lipinski definition) is 1. The highest BCUT2D eigenvalue weighted by molar-refractivity contribution is 9.10. The van der Waals surface area contributed by atoms with Crippen LogP contribution in [-0.2, 0) is 4.79 Å². The summed E-state index contributed by atoms with van der Waals surface area (Å²) < 4.78 is 8.49. The van der Waals surface area contributed by atoms with Gasteiger partial charge in [0.05, 0.1) is 12.4 Å². The molecule has 4 rings (SSSR count). The third-order valence-corrected chi connectivity index (χ3v) is 6.95. The average Bonchev–Trinajstić information content (AvgIpc) is 3.25. The van der Waals surface area contributed by atoms with Crippen LogP contribution in [0.5, 0.6) is 5.75 Å². The van der Waals surface area contributed by atoms with E-state index in [-0.39, 0.29) is 11.7 Å². The van der Waals surface area contributed by atoms with Gasteiger partial charge < -0.3 is 10.1 Å². The van der Waals surface area contributed by atoms with Gasteiger partial charge in [0.2, 0.25) is 5.91 Å². The summed E-state index contributed by atoms with van der Waals surface area (Å²) in [5.41, 5.74) is 3.48. The zero-order valence-electron chi connectivity index (χ0n) is 18.6. The van der Waals surface area contributed by atoms with Crippen molar-refractivity contribution in [3.8, 4) is 22.8 Å². The molecule has 4 aromatic rings. The lowest BCUT2D eigenvalue weighted by Crippen LogP contribution is -2.14. The molecule has 0 fully saturated rings. The zero-order chi connectivity index (χ0) is 24.1. The van der Waals surface area contributed by atoms with Crippen LogP contribution in [-0.4, -0.2) is 33.0 Å². The molecule has 0 atom stereocenters. The molecule has 0 aliphatic carbocycles. The lowest BCUT2D eigenvalue weighted by atomic mass is 10.2. The second-order valence-corrected chi connectivity index (χ2v) is 9.61. The van der Waals surface area contributed by atoms with Gasteiger partial charge in [0.15, 0.2) is 11.0 Å². The Bertz CT molecular complexity index is 1310. The van der Waals surface area contributed by atoms with Crippen LogP contribution in [0, 0.1) is 6.92 Å². The summed E-state index contributed by atoms with van der Waals surface area (Å²) in [4.78, 5) is 12.6. The van der Waals surface area contributed by atoms with Crippen LogP contribution < -0.4 is 10.1 Å². The predicted molar refractivity (Wildman–Crippen MR) is 141 cm³/mol. The molecular formula is C25H22BrClN4O2S. The van der Waals surface area contributed by atoms with Crippen molar-refractivity contribution in [3.63, 3.8) is 0 Å². The first-order valence-corrected chi connectivity index (χ1v) is 12.7. The van der Waals surface area contributed by atoms with E-state index in [0.29, 0.717) is 22.6 Å². The Balaban J connectivity index is 1.60. The number of anilines is 1. The molecule has 1 amide bonds. The standard InChI is InChI=1S/C25H22BrClN4O2S/c1-3-33-21-10-8-20(9-11-21)31-24(17-5-4-6-18(27)14-17)29-30-25(31)34-15-23(32)28-19-7-12-22(26)16(2)13-19/h4-14H,3,15H2,1-2H3,(H,28,32). The van der Waals surface area contributed by atoms with Crippen molar-refractivity contribution in [2.75, 3.05) is 17.7 Å². The van der Waals surface area contributed by atoms with Crippen molar-refractivity contribution in [1.82, 2.24) is 14.8 Å². The van der Waals surface area contributed by atoms with E-state index >= 15 is 0 Å². The van der Waals surface area contributed by atoms with E-state index in [4.69, 9.17) is 16.3 Å². The summed E-state index contributed by atoms with van der Waals surface area (Å²) in [5.74, 6) is 1.47. The fourth-order valence-corrected chi connectivity index (χ4v) is 4.51. The van der Waals surface area contributed by atoms with Crippen LogP contribution in [0.1, 0.15) is 12.5 Å². The number of thioether (sulfide) groups is 1. The molecule has 0 radical (unpaired) electrons. The topological polar surface area (TPSA) is 69.0 Å². The maximum atomic E-state index is 12.6. The molecule has 0 saturated heterocycles. The predicted octanol–water partition coefficient (Wildman–Crippen LogP) is 6.79. The number of carbonyl (C=O) groups excluding carboxylic acids is 1. The largest absolute Gasteiger partial charge is 0.494 e. The molecule has 0 spiro atoms. The molecular weight excluding hydrogens is 536 g/mol. The van der Waals surface area contributed by atoms with Crippen LogP contribution >= 0.6 is 39.3 Å². The molecule has 34 heavy (non-hydrogen) atoms. The third kappa shape index (κ3) is 5.81. The molecule has 0 aliphatic heterocycles. The van der Waals surface area contributed by atoms with Crippen molar-refractivity contribution in [2.45, 2.75) is 19.0 Å². The summed E-state index contributed by atoms with van der Waals surface area (Å²) in [5, 5.41) is 12.9. The molecule has 9 heteroatoms. The number of carbonyl (C=O) groups is 1. The van der Waals surface area contributed by atoms with Gasteiger partial charge in [-0.2, -0.15) is 0 Å². The van der Waals surface area contributed by atoms with Gasteiger partial charge >= 0.3 is 0 Å². The fourth-order valence-electron chi connectivity index (χ4n) is 3.32. The number of amides is 1. The Labute approximate surface area is 215 Å². The summed E-state index contributed by atoms with van der Waals surface area (Å²) in [6, 6.07) is 20.8. The number of nitrogens with one attached hydrogen (secondary N) is 1. The van der Waals surface area contributed by atoms with Gasteiger partial charge in [-0.25, -0.2) is 0 Å². The number of benzene rings is 3. The minimum absolute atomic E-state index is 0.128. The highest BCUT2D eigenvalue weighted by Crippen LogP contribution is 2.30. The SMILES string of the molecule is CCOc1ccc(-n2c(SCC(=O)Nc3ccc(Br)c(C)c3)nnc2-c2cccc(Cl)c2)cc1. The molecule has 0 aliphatic rings. The molecule has 0 unspecified atom stereocenters. The van der Waals surface area contributed by atoms with Crippen LogP contribution in [0.3, 0.4) is 0 Å². The fraction of sp³-hybridized carbons (Fsp3) is 0.160. The second-order valence-electron chi connectivity index (χ2n) is 7.38. The second kappa shape index (κ2) is 11.1. The van der Waals surface area contributed by atoms with Gasteiger partial charge in [0.25, 0.3) is 0 Å². The van der Waals surface area contributed by atoms with E-state index in [1.54, 1.807) is 0 Å². The smallest absolute Gasteiger partial charge is 0.234 e. The van der Waals surface area contributed by atoms with E-state index in [9.17, 15) is 4.79 Å². The zero-order valence-corrected chi connectivity index (χ0v) is 21.7. The molecule has 3 aromatic carbocycles. The summed E-state index contributed by atoms with van der Waals surface area (Å²) in [7, 11) is 0. The number of ether oxygens (including phenoxy) is 1. The minimum Gasteiger partial charge on any atom is -0.494 e. The quantitative estimate of drug-likeness (QED) is 0.242. The molecule has 0 saturated carbocycles. The number of halogens is 2. The normalized spacial score (nSPS) is 10.8. The minimum atomic E-state index is -0.128. The number of nitrogens with zero attached hydrogens (tertiary/aromatic N) is 3. The van der Waals surface area contributed by atoms with Gasteiger partial charge in [-0.15, -0.1) is 10.2 Å².